The molecule has 0 atom stereocenters. The molecule has 1 heteroatoms. The molecule has 0 saturated carbocycles. The van der Waals surface area contributed by atoms with Crippen molar-refractivity contribution < 1.29 is 5.11 Å². The Balaban J connectivity index is 3.01. The maximum atomic E-state index is 8.37. The van der Waals surface area contributed by atoms with Crippen LogP contribution >= 0.6 is 0 Å². The first-order chi connectivity index (χ1) is 6.41. The van der Waals surface area contributed by atoms with E-state index in [2.05, 4.69) is 19.1 Å². The first-order valence-electron chi connectivity index (χ1n) is 5.36. The highest BCUT2D eigenvalue weighted by molar-refractivity contribution is 4.81. The summed E-state index contributed by atoms with van der Waals surface area (Å²) in [6.07, 6.45) is 15.9. The number of hydrogen-bond donors (Lipinski definition) is 1. The number of aliphatic hydroxyl groups excluding tert-OH is 1. The van der Waals surface area contributed by atoms with Crippen molar-refractivity contribution in [1.29, 1.82) is 0 Å². The van der Waals surface area contributed by atoms with Crippen LogP contribution in [0.5, 0.6) is 0 Å². The summed E-state index contributed by atoms with van der Waals surface area (Å²) in [5.41, 5.74) is 0. The van der Waals surface area contributed by atoms with Crippen LogP contribution in [0.4, 0.5) is 0 Å². The van der Waals surface area contributed by atoms with Crippen LogP contribution in [-0.4, -0.2) is 5.11 Å². The molecule has 0 aromatic heterocycles. The van der Waals surface area contributed by atoms with Gasteiger partial charge in [0.15, 0.2) is 0 Å². The summed E-state index contributed by atoms with van der Waals surface area (Å²) in [5.74, 6) is 0. The van der Waals surface area contributed by atoms with Gasteiger partial charge in [0, 0.05) is 0 Å². The van der Waals surface area contributed by atoms with Crippen LogP contribution < -0.4 is 0 Å². The fourth-order valence-corrected chi connectivity index (χ4v) is 1.16. The number of hydrogen-bond acceptors (Lipinski definition) is 1. The Hall–Kier alpha value is -0.720. The number of rotatable bonds is 8. The van der Waals surface area contributed by atoms with E-state index in [1.54, 1.807) is 6.08 Å². The Morgan fingerprint density at radius 3 is 1.92 bits per heavy atom. The van der Waals surface area contributed by atoms with Gasteiger partial charge in [-0.3, -0.25) is 0 Å². The lowest BCUT2D eigenvalue weighted by atomic mass is 10.1. The van der Waals surface area contributed by atoms with Gasteiger partial charge >= 0.3 is 0 Å². The lowest BCUT2D eigenvalue weighted by Crippen LogP contribution is -1.73. The van der Waals surface area contributed by atoms with Gasteiger partial charge in [0.2, 0.25) is 0 Å². The van der Waals surface area contributed by atoms with E-state index in [1.165, 1.54) is 38.5 Å². The van der Waals surface area contributed by atoms with Crippen LogP contribution in [0.15, 0.2) is 24.5 Å². The zero-order chi connectivity index (χ0) is 9.78. The largest absolute Gasteiger partial charge is 0.516 e. The van der Waals surface area contributed by atoms with Gasteiger partial charge in [0.25, 0.3) is 0 Å². The second-order valence-electron chi connectivity index (χ2n) is 3.28. The molecular weight excluding hydrogens is 160 g/mol. The highest BCUT2D eigenvalue weighted by Crippen LogP contribution is 2.03. The lowest BCUT2D eigenvalue weighted by molar-refractivity contribution is 0.470. The fourth-order valence-electron chi connectivity index (χ4n) is 1.16. The second kappa shape index (κ2) is 11.3. The molecule has 1 N–H and O–H groups in total. The van der Waals surface area contributed by atoms with Crippen molar-refractivity contribution in [2.45, 2.75) is 51.9 Å². The molecule has 0 amide bonds. The molecule has 0 aromatic carbocycles. The molecule has 0 spiro atoms. The smallest absolute Gasteiger partial charge is 0.0751 e. The predicted octanol–water partition coefficient (Wildman–Crippen LogP) is 4.36. The van der Waals surface area contributed by atoms with Crippen molar-refractivity contribution in [2.75, 3.05) is 0 Å². The highest BCUT2D eigenvalue weighted by atomic mass is 16.2. The summed E-state index contributed by atoms with van der Waals surface area (Å²) in [6, 6.07) is 0. The molecule has 0 unspecified atom stereocenters. The second-order valence-corrected chi connectivity index (χ2v) is 3.28. The third-order valence-corrected chi connectivity index (χ3v) is 1.99. The molecule has 0 fully saturated rings. The number of allylic oxidation sites excluding steroid dienone is 3. The van der Waals surface area contributed by atoms with E-state index < -0.39 is 0 Å². The zero-order valence-corrected chi connectivity index (χ0v) is 8.71. The molecule has 0 heterocycles. The molecule has 0 aliphatic rings. The molecule has 0 aliphatic heterocycles. The number of unbranched alkanes of at least 4 members (excludes halogenated alkanes) is 5. The van der Waals surface area contributed by atoms with Gasteiger partial charge < -0.3 is 5.11 Å². The van der Waals surface area contributed by atoms with E-state index in [4.69, 9.17) is 5.11 Å². The molecule has 76 valence electrons. The third-order valence-electron chi connectivity index (χ3n) is 1.99. The normalized spacial score (nSPS) is 11.8. The third kappa shape index (κ3) is 11.3. The van der Waals surface area contributed by atoms with Gasteiger partial charge in [-0.1, -0.05) is 38.0 Å². The van der Waals surface area contributed by atoms with Crippen LogP contribution in [0.3, 0.4) is 0 Å². The Kier molecular flexibility index (Phi) is 10.7. The van der Waals surface area contributed by atoms with Gasteiger partial charge in [0.1, 0.15) is 0 Å². The standard InChI is InChI=1S/C12H22O/c1-2-3-4-5-6-7-8-9-10-11-12-13/h5-6,11-13H,2-4,7-10H2,1H3/b6-5-,12-11-. The first kappa shape index (κ1) is 12.3. The van der Waals surface area contributed by atoms with E-state index in [9.17, 15) is 0 Å². The molecule has 0 saturated heterocycles. The van der Waals surface area contributed by atoms with Crippen LogP contribution in [0.25, 0.3) is 0 Å². The van der Waals surface area contributed by atoms with Crippen molar-refractivity contribution in [1.82, 2.24) is 0 Å². The minimum atomic E-state index is 0.999. The van der Waals surface area contributed by atoms with E-state index in [0.717, 1.165) is 12.7 Å². The van der Waals surface area contributed by atoms with Gasteiger partial charge in [-0.15, -0.1) is 0 Å². The van der Waals surface area contributed by atoms with Crippen molar-refractivity contribution in [2.24, 2.45) is 0 Å². The Morgan fingerprint density at radius 2 is 1.38 bits per heavy atom. The zero-order valence-electron chi connectivity index (χ0n) is 8.71. The van der Waals surface area contributed by atoms with Crippen LogP contribution in [-0.2, 0) is 0 Å². The van der Waals surface area contributed by atoms with Crippen molar-refractivity contribution in [3.05, 3.63) is 24.5 Å². The van der Waals surface area contributed by atoms with Crippen molar-refractivity contribution in [3.63, 3.8) is 0 Å². The highest BCUT2D eigenvalue weighted by Gasteiger charge is 1.83. The van der Waals surface area contributed by atoms with E-state index in [-0.39, 0.29) is 0 Å². The quantitative estimate of drug-likeness (QED) is 0.336. The molecule has 13 heavy (non-hydrogen) atoms. The minimum Gasteiger partial charge on any atom is -0.516 e. The summed E-state index contributed by atoms with van der Waals surface area (Å²) in [7, 11) is 0. The van der Waals surface area contributed by atoms with Crippen LogP contribution in [0.1, 0.15) is 51.9 Å². The summed E-state index contributed by atoms with van der Waals surface area (Å²) < 4.78 is 0. The maximum Gasteiger partial charge on any atom is 0.0751 e. The minimum absolute atomic E-state index is 0.999. The van der Waals surface area contributed by atoms with E-state index in [1.807, 2.05) is 0 Å². The monoisotopic (exact) mass is 182 g/mol. The number of aliphatic hydroxyl groups is 1. The van der Waals surface area contributed by atoms with Gasteiger partial charge in [-0.05, 0) is 32.1 Å². The summed E-state index contributed by atoms with van der Waals surface area (Å²) in [5, 5.41) is 8.37. The predicted molar refractivity (Wildman–Crippen MR) is 58.9 cm³/mol. The van der Waals surface area contributed by atoms with Crippen molar-refractivity contribution in [3.8, 4) is 0 Å². The fraction of sp³-hybridized carbons (Fsp3) is 0.667. The average Bonchev–Trinajstić information content (AvgIpc) is 2.16. The van der Waals surface area contributed by atoms with Gasteiger partial charge in [-0.2, -0.15) is 0 Å². The van der Waals surface area contributed by atoms with E-state index in [0.29, 0.717) is 0 Å². The molecule has 0 radical (unpaired) electrons. The van der Waals surface area contributed by atoms with Crippen LogP contribution in [0, 0.1) is 0 Å². The molecule has 0 bridgehead atoms. The van der Waals surface area contributed by atoms with Gasteiger partial charge in [-0.25, -0.2) is 0 Å². The Labute approximate surface area is 82.2 Å². The molecule has 0 aliphatic carbocycles. The van der Waals surface area contributed by atoms with Gasteiger partial charge in [0.05, 0.1) is 6.26 Å². The lowest BCUT2D eigenvalue weighted by Gasteiger charge is -1.92. The molecular formula is C12H22O. The maximum absolute atomic E-state index is 8.37. The molecule has 0 rings (SSSR count). The first-order valence-corrected chi connectivity index (χ1v) is 5.36. The summed E-state index contributed by atoms with van der Waals surface area (Å²) >= 11 is 0. The summed E-state index contributed by atoms with van der Waals surface area (Å²) in [6.45, 7) is 2.22. The Bertz CT molecular complexity index is 136. The van der Waals surface area contributed by atoms with Crippen molar-refractivity contribution >= 4 is 0 Å². The molecule has 0 aromatic rings. The topological polar surface area (TPSA) is 20.2 Å². The average molecular weight is 182 g/mol. The van der Waals surface area contributed by atoms with E-state index >= 15 is 0 Å². The molecule has 1 nitrogen and oxygen atoms in total. The van der Waals surface area contributed by atoms with Crippen LogP contribution in [0.2, 0.25) is 0 Å². The Morgan fingerprint density at radius 1 is 0.846 bits per heavy atom. The SMILES string of the molecule is CCCC/C=C\CCCC/C=C\O. The summed E-state index contributed by atoms with van der Waals surface area (Å²) in [4.78, 5) is 0.